The van der Waals surface area contributed by atoms with Gasteiger partial charge >= 0.3 is 0 Å². The first-order valence-corrected chi connectivity index (χ1v) is 11.1. The van der Waals surface area contributed by atoms with Crippen LogP contribution < -0.4 is 5.32 Å². The lowest BCUT2D eigenvalue weighted by Gasteiger charge is -2.39. The number of carbonyl (C=O) groups is 1. The second kappa shape index (κ2) is 9.92. The number of hydrogen-bond acceptors (Lipinski definition) is 4. The summed E-state index contributed by atoms with van der Waals surface area (Å²) >= 11 is 0. The van der Waals surface area contributed by atoms with E-state index in [1.165, 1.54) is 12.8 Å². The van der Waals surface area contributed by atoms with Gasteiger partial charge in [-0.3, -0.25) is 14.7 Å². The monoisotopic (exact) mass is 393 g/mol. The minimum Gasteiger partial charge on any atom is -0.382 e. The predicted octanol–water partition coefficient (Wildman–Crippen LogP) is 1.40. The average molecular weight is 394 g/mol. The number of nitrogens with one attached hydrogen (secondary N) is 1. The Morgan fingerprint density at radius 1 is 1.11 bits per heavy atom. The normalized spacial score (nSPS) is 23.8. The van der Waals surface area contributed by atoms with E-state index >= 15 is 0 Å². The van der Waals surface area contributed by atoms with E-state index in [-0.39, 0.29) is 6.04 Å². The van der Waals surface area contributed by atoms with Crippen molar-refractivity contribution in [2.24, 2.45) is 10.4 Å². The molecule has 1 unspecified atom stereocenters. The lowest BCUT2D eigenvalue weighted by atomic mass is 10.0. The maximum Gasteiger partial charge on any atom is 0.239 e. The molecule has 160 valence electrons. The van der Waals surface area contributed by atoms with Crippen LogP contribution in [0.4, 0.5) is 0 Å². The van der Waals surface area contributed by atoms with Gasteiger partial charge in [0.2, 0.25) is 5.91 Å². The van der Waals surface area contributed by atoms with Crippen molar-refractivity contribution in [3.8, 4) is 0 Å². The van der Waals surface area contributed by atoms with Gasteiger partial charge in [-0.1, -0.05) is 0 Å². The molecule has 3 rings (SSSR count). The van der Waals surface area contributed by atoms with E-state index in [1.807, 2.05) is 11.9 Å². The predicted molar refractivity (Wildman–Crippen MR) is 113 cm³/mol. The zero-order valence-corrected chi connectivity index (χ0v) is 18.1. The van der Waals surface area contributed by atoms with Crippen molar-refractivity contribution in [3.63, 3.8) is 0 Å². The van der Waals surface area contributed by atoms with E-state index in [1.54, 1.807) is 0 Å². The molecule has 0 radical (unpaired) electrons. The molecule has 3 aliphatic rings. The van der Waals surface area contributed by atoms with Crippen molar-refractivity contribution < 1.29 is 9.53 Å². The van der Waals surface area contributed by atoms with Gasteiger partial charge in [0.05, 0.1) is 6.04 Å². The number of ether oxygens (including phenoxy) is 1. The maximum absolute atomic E-state index is 12.7. The summed E-state index contributed by atoms with van der Waals surface area (Å²) in [7, 11) is 1.87. The van der Waals surface area contributed by atoms with Crippen LogP contribution in [-0.2, 0) is 9.53 Å². The Morgan fingerprint density at radius 3 is 2.36 bits per heavy atom. The third kappa shape index (κ3) is 5.38. The summed E-state index contributed by atoms with van der Waals surface area (Å²) < 4.78 is 5.54. The molecular formula is C21H39N5O2. The fraction of sp³-hybridized carbons (Fsp3) is 0.905. The molecule has 2 saturated heterocycles. The molecule has 0 aromatic rings. The fourth-order valence-corrected chi connectivity index (χ4v) is 4.40. The number of nitrogens with zero attached hydrogens (tertiary/aromatic N) is 4. The smallest absolute Gasteiger partial charge is 0.239 e. The van der Waals surface area contributed by atoms with Gasteiger partial charge < -0.3 is 19.9 Å². The van der Waals surface area contributed by atoms with Crippen LogP contribution >= 0.6 is 0 Å². The van der Waals surface area contributed by atoms with Crippen LogP contribution in [0.1, 0.15) is 46.0 Å². The Bertz CT molecular complexity index is 535. The van der Waals surface area contributed by atoms with Crippen LogP contribution in [0, 0.1) is 5.41 Å². The van der Waals surface area contributed by atoms with Crippen molar-refractivity contribution in [3.05, 3.63) is 0 Å². The number of likely N-dealkylation sites (tertiary alicyclic amines) is 1. The molecule has 0 bridgehead atoms. The topological polar surface area (TPSA) is 60.4 Å². The summed E-state index contributed by atoms with van der Waals surface area (Å²) in [6.07, 6.45) is 6.01. The van der Waals surface area contributed by atoms with Crippen molar-refractivity contribution >= 4 is 11.9 Å². The Morgan fingerprint density at radius 2 is 1.79 bits per heavy atom. The number of carbonyl (C=O) groups excluding carboxylic acids is 1. The maximum atomic E-state index is 12.7. The summed E-state index contributed by atoms with van der Waals surface area (Å²) in [6.45, 7) is 12.3. The fourth-order valence-electron chi connectivity index (χ4n) is 4.40. The van der Waals surface area contributed by atoms with Crippen LogP contribution in [0.15, 0.2) is 4.99 Å². The molecule has 28 heavy (non-hydrogen) atoms. The zero-order chi connectivity index (χ0) is 20.0. The van der Waals surface area contributed by atoms with E-state index in [9.17, 15) is 4.79 Å². The minimum absolute atomic E-state index is 0.0106. The molecule has 2 aliphatic heterocycles. The van der Waals surface area contributed by atoms with Crippen molar-refractivity contribution in [1.29, 1.82) is 0 Å². The van der Waals surface area contributed by atoms with Crippen LogP contribution in [0.3, 0.4) is 0 Å². The van der Waals surface area contributed by atoms with E-state index in [0.29, 0.717) is 11.3 Å². The third-order valence-corrected chi connectivity index (χ3v) is 6.71. The lowest BCUT2D eigenvalue weighted by Crippen LogP contribution is -2.57. The zero-order valence-electron chi connectivity index (χ0n) is 18.1. The summed E-state index contributed by atoms with van der Waals surface area (Å²) in [5.41, 5.74) is 0.406. The van der Waals surface area contributed by atoms with Crippen LogP contribution in [0.5, 0.6) is 0 Å². The van der Waals surface area contributed by atoms with Gasteiger partial charge in [-0.25, -0.2) is 0 Å². The molecular weight excluding hydrogens is 354 g/mol. The van der Waals surface area contributed by atoms with Gasteiger partial charge in [0.1, 0.15) is 0 Å². The number of piperazine rings is 1. The highest BCUT2D eigenvalue weighted by molar-refractivity contribution is 5.82. The number of guanidine groups is 1. The van der Waals surface area contributed by atoms with Gasteiger partial charge in [-0.15, -0.1) is 0 Å². The van der Waals surface area contributed by atoms with Crippen molar-refractivity contribution in [1.82, 2.24) is 20.0 Å². The minimum atomic E-state index is -0.0106. The summed E-state index contributed by atoms with van der Waals surface area (Å²) in [5, 5.41) is 3.61. The molecule has 1 amide bonds. The summed E-state index contributed by atoms with van der Waals surface area (Å²) in [5.74, 6) is 1.30. The summed E-state index contributed by atoms with van der Waals surface area (Å²) in [4.78, 5) is 23.9. The van der Waals surface area contributed by atoms with E-state index in [4.69, 9.17) is 4.74 Å². The highest BCUT2D eigenvalue weighted by Gasteiger charge is 2.42. The first-order chi connectivity index (χ1) is 13.6. The SMILES string of the molecule is CCOCCC1(CNC(=NC)N2CCN(C(C)C(=O)N3CCCC3)CC2)CC1. The molecule has 0 aromatic heterocycles. The van der Waals surface area contributed by atoms with Gasteiger partial charge in [-0.2, -0.15) is 0 Å². The van der Waals surface area contributed by atoms with Crippen molar-refractivity contribution in [2.75, 3.05) is 66.1 Å². The Labute approximate surface area is 170 Å². The Hall–Kier alpha value is -1.34. The number of hydrogen-bond donors (Lipinski definition) is 1. The lowest BCUT2D eigenvalue weighted by molar-refractivity contribution is -0.135. The van der Waals surface area contributed by atoms with Crippen LogP contribution in [0.2, 0.25) is 0 Å². The molecule has 1 atom stereocenters. The number of aliphatic imine (C=N–C) groups is 1. The third-order valence-electron chi connectivity index (χ3n) is 6.71. The molecule has 0 aromatic carbocycles. The Kier molecular flexibility index (Phi) is 7.57. The quantitative estimate of drug-likeness (QED) is 0.384. The Balaban J connectivity index is 1.42. The first-order valence-electron chi connectivity index (χ1n) is 11.1. The second-order valence-electron chi connectivity index (χ2n) is 8.58. The largest absolute Gasteiger partial charge is 0.382 e. The second-order valence-corrected chi connectivity index (χ2v) is 8.58. The molecule has 1 aliphatic carbocycles. The van der Waals surface area contributed by atoms with Gasteiger partial charge in [0, 0.05) is 66.1 Å². The highest BCUT2D eigenvalue weighted by Crippen LogP contribution is 2.48. The molecule has 1 N–H and O–H groups in total. The highest BCUT2D eigenvalue weighted by atomic mass is 16.5. The van der Waals surface area contributed by atoms with Crippen molar-refractivity contribution in [2.45, 2.75) is 52.0 Å². The molecule has 7 nitrogen and oxygen atoms in total. The molecule has 3 fully saturated rings. The standard InChI is InChI=1S/C21H39N5O2/c1-4-28-16-9-21(7-8-21)17-23-20(22-3)26-14-12-24(13-15-26)18(2)19(27)25-10-5-6-11-25/h18H,4-17H2,1-3H3,(H,22,23). The number of rotatable bonds is 8. The summed E-state index contributed by atoms with van der Waals surface area (Å²) in [6, 6.07) is -0.0106. The molecule has 7 heteroatoms. The van der Waals surface area contributed by atoms with Gasteiger partial charge in [-0.05, 0) is 51.4 Å². The van der Waals surface area contributed by atoms with Crippen LogP contribution in [-0.4, -0.2) is 98.7 Å². The van der Waals surface area contributed by atoms with Gasteiger partial charge in [0.25, 0.3) is 0 Å². The first kappa shape index (κ1) is 21.4. The van der Waals surface area contributed by atoms with Crippen LogP contribution in [0.25, 0.3) is 0 Å². The van der Waals surface area contributed by atoms with Gasteiger partial charge in [0.15, 0.2) is 5.96 Å². The van der Waals surface area contributed by atoms with E-state index < -0.39 is 0 Å². The molecule has 1 saturated carbocycles. The number of amides is 1. The average Bonchev–Trinajstić information content (AvgIpc) is 3.27. The molecule has 0 spiro atoms. The molecule has 2 heterocycles. The van der Waals surface area contributed by atoms with E-state index in [0.717, 1.165) is 84.2 Å². The van der Waals surface area contributed by atoms with E-state index in [2.05, 4.69) is 34.0 Å².